The van der Waals surface area contributed by atoms with E-state index in [1.54, 1.807) is 6.20 Å². The molecule has 0 bridgehead atoms. The summed E-state index contributed by atoms with van der Waals surface area (Å²) < 4.78 is 2.16. The largest absolute Gasteiger partial charge is 0.337 e. The first-order valence-electron chi connectivity index (χ1n) is 11.1. The SMILES string of the molecule is Cc1ncc(-c2ccnc(Nc3ccc(C(=O)N4CCCN(C)CC4)cc3)n2)n1C(C)C. The minimum absolute atomic E-state index is 0.0856. The van der Waals surface area contributed by atoms with Crippen molar-refractivity contribution in [2.75, 3.05) is 38.5 Å². The summed E-state index contributed by atoms with van der Waals surface area (Å²) in [5.41, 5.74) is 3.32. The van der Waals surface area contributed by atoms with Gasteiger partial charge in [-0.05, 0) is 71.1 Å². The molecule has 168 valence electrons. The fourth-order valence-corrected chi connectivity index (χ4v) is 4.11. The fraction of sp³-hybridized carbons (Fsp3) is 0.417. The highest BCUT2D eigenvalue weighted by atomic mass is 16.2. The van der Waals surface area contributed by atoms with Gasteiger partial charge in [0.05, 0.1) is 17.6 Å². The lowest BCUT2D eigenvalue weighted by Crippen LogP contribution is -2.34. The minimum Gasteiger partial charge on any atom is -0.337 e. The van der Waals surface area contributed by atoms with Gasteiger partial charge in [-0.25, -0.2) is 15.0 Å². The highest BCUT2D eigenvalue weighted by Gasteiger charge is 2.19. The molecule has 4 rings (SSSR count). The van der Waals surface area contributed by atoms with Crippen molar-refractivity contribution in [2.45, 2.75) is 33.2 Å². The first-order valence-corrected chi connectivity index (χ1v) is 11.1. The van der Waals surface area contributed by atoms with E-state index in [0.717, 1.165) is 55.5 Å². The van der Waals surface area contributed by atoms with Crippen molar-refractivity contribution < 1.29 is 4.79 Å². The van der Waals surface area contributed by atoms with Crippen molar-refractivity contribution in [3.8, 4) is 11.4 Å². The van der Waals surface area contributed by atoms with Crippen LogP contribution in [0.15, 0.2) is 42.7 Å². The molecular weight excluding hydrogens is 402 g/mol. The smallest absolute Gasteiger partial charge is 0.253 e. The van der Waals surface area contributed by atoms with Crippen LogP contribution in [0.2, 0.25) is 0 Å². The molecule has 1 fully saturated rings. The molecule has 0 saturated carbocycles. The van der Waals surface area contributed by atoms with E-state index in [1.165, 1.54) is 0 Å². The van der Waals surface area contributed by atoms with Crippen LogP contribution < -0.4 is 5.32 Å². The third-order valence-corrected chi connectivity index (χ3v) is 5.81. The second-order valence-electron chi connectivity index (χ2n) is 8.57. The van der Waals surface area contributed by atoms with E-state index in [-0.39, 0.29) is 11.9 Å². The van der Waals surface area contributed by atoms with Gasteiger partial charge in [-0.2, -0.15) is 0 Å². The van der Waals surface area contributed by atoms with Crippen molar-refractivity contribution in [1.82, 2.24) is 29.3 Å². The Bertz CT molecular complexity index is 1070. The van der Waals surface area contributed by atoms with E-state index in [2.05, 4.69) is 50.6 Å². The highest BCUT2D eigenvalue weighted by molar-refractivity contribution is 5.94. The molecule has 1 amide bonds. The van der Waals surface area contributed by atoms with Gasteiger partial charge in [-0.15, -0.1) is 0 Å². The normalized spacial score (nSPS) is 15.1. The number of nitrogens with one attached hydrogen (secondary N) is 1. The third-order valence-electron chi connectivity index (χ3n) is 5.81. The number of hydrogen-bond acceptors (Lipinski definition) is 6. The van der Waals surface area contributed by atoms with Crippen molar-refractivity contribution in [1.29, 1.82) is 0 Å². The molecule has 3 heterocycles. The Kier molecular flexibility index (Phi) is 6.50. The Morgan fingerprint density at radius 1 is 1.03 bits per heavy atom. The Hall–Kier alpha value is -3.26. The number of carbonyl (C=O) groups excluding carboxylic acids is 1. The Balaban J connectivity index is 1.47. The number of aromatic nitrogens is 4. The predicted molar refractivity (Wildman–Crippen MR) is 126 cm³/mol. The molecule has 1 aliphatic heterocycles. The lowest BCUT2D eigenvalue weighted by Gasteiger charge is -2.20. The zero-order chi connectivity index (χ0) is 22.7. The molecule has 1 N–H and O–H groups in total. The molecule has 0 aliphatic carbocycles. The topological polar surface area (TPSA) is 79.2 Å². The van der Waals surface area contributed by atoms with Gasteiger partial charge >= 0.3 is 0 Å². The number of anilines is 2. The van der Waals surface area contributed by atoms with Crippen LogP contribution in [-0.2, 0) is 0 Å². The van der Waals surface area contributed by atoms with Gasteiger partial charge in [0.15, 0.2) is 0 Å². The van der Waals surface area contributed by atoms with Crippen LogP contribution in [-0.4, -0.2) is 68.5 Å². The number of amides is 1. The summed E-state index contributed by atoms with van der Waals surface area (Å²) >= 11 is 0. The summed E-state index contributed by atoms with van der Waals surface area (Å²) in [5, 5.41) is 3.25. The van der Waals surface area contributed by atoms with Gasteiger partial charge in [0.25, 0.3) is 5.91 Å². The molecule has 0 atom stereocenters. The Morgan fingerprint density at radius 2 is 1.81 bits per heavy atom. The summed E-state index contributed by atoms with van der Waals surface area (Å²) in [6, 6.07) is 9.70. The summed E-state index contributed by atoms with van der Waals surface area (Å²) in [5.74, 6) is 1.55. The fourth-order valence-electron chi connectivity index (χ4n) is 4.11. The number of carbonyl (C=O) groups is 1. The molecular formula is C24H31N7O. The lowest BCUT2D eigenvalue weighted by atomic mass is 10.1. The second-order valence-corrected chi connectivity index (χ2v) is 8.57. The number of hydrogen-bond donors (Lipinski definition) is 1. The first kappa shape index (κ1) is 22.0. The number of nitrogens with zero attached hydrogens (tertiary/aromatic N) is 6. The van der Waals surface area contributed by atoms with Crippen LogP contribution >= 0.6 is 0 Å². The zero-order valence-electron chi connectivity index (χ0n) is 19.2. The van der Waals surface area contributed by atoms with E-state index in [0.29, 0.717) is 11.5 Å². The summed E-state index contributed by atoms with van der Waals surface area (Å²) in [6.45, 7) is 9.77. The molecule has 0 radical (unpaired) electrons. The van der Waals surface area contributed by atoms with Crippen LogP contribution in [0.1, 0.15) is 42.5 Å². The standard InChI is InChI=1S/C24H31N7O/c1-17(2)31-18(3)26-16-22(31)21-10-11-25-24(28-21)27-20-8-6-19(7-9-20)23(32)30-13-5-12-29(4)14-15-30/h6-11,16-17H,5,12-15H2,1-4H3,(H,25,27,28). The zero-order valence-corrected chi connectivity index (χ0v) is 19.2. The lowest BCUT2D eigenvalue weighted by molar-refractivity contribution is 0.0763. The summed E-state index contributed by atoms with van der Waals surface area (Å²) in [6.07, 6.45) is 4.60. The Morgan fingerprint density at radius 3 is 2.56 bits per heavy atom. The molecule has 8 nitrogen and oxygen atoms in total. The number of likely N-dealkylation sites (N-methyl/N-ethyl adjacent to an activating group) is 1. The minimum atomic E-state index is 0.0856. The van der Waals surface area contributed by atoms with Gasteiger partial charge < -0.3 is 19.7 Å². The third kappa shape index (κ3) is 4.80. The second kappa shape index (κ2) is 9.48. The van der Waals surface area contributed by atoms with Gasteiger partial charge in [0.2, 0.25) is 5.95 Å². The quantitative estimate of drug-likeness (QED) is 0.660. The van der Waals surface area contributed by atoms with Crippen molar-refractivity contribution >= 4 is 17.5 Å². The van der Waals surface area contributed by atoms with Gasteiger partial charge in [-0.3, -0.25) is 4.79 Å². The first-order chi connectivity index (χ1) is 15.4. The maximum atomic E-state index is 12.9. The van der Waals surface area contributed by atoms with Gasteiger partial charge in [0.1, 0.15) is 5.82 Å². The van der Waals surface area contributed by atoms with Gasteiger partial charge in [-0.1, -0.05) is 0 Å². The molecule has 3 aromatic rings. The number of rotatable bonds is 5. The van der Waals surface area contributed by atoms with Crippen molar-refractivity contribution in [3.05, 3.63) is 54.1 Å². The van der Waals surface area contributed by atoms with E-state index in [1.807, 2.05) is 48.4 Å². The molecule has 32 heavy (non-hydrogen) atoms. The number of imidazole rings is 1. The van der Waals surface area contributed by atoms with Crippen LogP contribution in [0, 0.1) is 6.92 Å². The van der Waals surface area contributed by atoms with E-state index < -0.39 is 0 Å². The van der Waals surface area contributed by atoms with E-state index in [9.17, 15) is 4.79 Å². The van der Waals surface area contributed by atoms with Crippen LogP contribution in [0.4, 0.5) is 11.6 Å². The average Bonchev–Trinajstić information content (AvgIpc) is 3.04. The maximum Gasteiger partial charge on any atom is 0.253 e. The van der Waals surface area contributed by atoms with Crippen molar-refractivity contribution in [2.24, 2.45) is 0 Å². The van der Waals surface area contributed by atoms with E-state index in [4.69, 9.17) is 0 Å². The Labute approximate surface area is 189 Å². The highest BCUT2D eigenvalue weighted by Crippen LogP contribution is 2.24. The number of aryl methyl sites for hydroxylation is 1. The van der Waals surface area contributed by atoms with Crippen molar-refractivity contribution in [3.63, 3.8) is 0 Å². The summed E-state index contributed by atoms with van der Waals surface area (Å²) in [4.78, 5) is 30.6. The molecule has 0 unspecified atom stereocenters. The van der Waals surface area contributed by atoms with Crippen LogP contribution in [0.5, 0.6) is 0 Å². The molecule has 0 spiro atoms. The maximum absolute atomic E-state index is 12.9. The number of benzene rings is 1. The molecule has 1 aromatic carbocycles. The molecule has 1 saturated heterocycles. The monoisotopic (exact) mass is 433 g/mol. The molecule has 8 heteroatoms. The molecule has 1 aliphatic rings. The van der Waals surface area contributed by atoms with Crippen LogP contribution in [0.25, 0.3) is 11.4 Å². The van der Waals surface area contributed by atoms with Gasteiger partial charge in [0, 0.05) is 43.1 Å². The van der Waals surface area contributed by atoms with Crippen LogP contribution in [0.3, 0.4) is 0 Å². The van der Waals surface area contributed by atoms with E-state index >= 15 is 0 Å². The molecule has 2 aromatic heterocycles. The predicted octanol–water partition coefficient (Wildman–Crippen LogP) is 3.75. The summed E-state index contributed by atoms with van der Waals surface area (Å²) in [7, 11) is 2.10. The average molecular weight is 434 g/mol.